The Balaban J connectivity index is 1.39. The summed E-state index contributed by atoms with van der Waals surface area (Å²) in [7, 11) is -3.48. The van der Waals surface area contributed by atoms with Crippen LogP contribution in [-0.2, 0) is 37.1 Å². The Kier molecular flexibility index (Phi) is 5.95. The monoisotopic (exact) mass is 364 g/mol. The summed E-state index contributed by atoms with van der Waals surface area (Å²) in [6.45, 7) is 4.45. The molecule has 0 spiro atoms. The lowest BCUT2D eigenvalue weighted by Crippen LogP contribution is -2.32. The first-order valence-electron chi connectivity index (χ1n) is 8.59. The first kappa shape index (κ1) is 18.3. The van der Waals surface area contributed by atoms with Crippen LogP contribution in [0.4, 0.5) is 0 Å². The number of fused-ring (bicyclic) bond motifs is 5. The average Bonchev–Trinajstić information content (AvgIpc) is 3.21. The van der Waals surface area contributed by atoms with Gasteiger partial charge in [0.25, 0.3) is 0 Å². The molecule has 3 heterocycles. The third kappa shape index (κ3) is 3.69. The lowest BCUT2D eigenvalue weighted by molar-refractivity contribution is -0.175. The highest BCUT2D eigenvalue weighted by Gasteiger charge is 2.61. The van der Waals surface area contributed by atoms with E-state index >= 15 is 0 Å². The van der Waals surface area contributed by atoms with E-state index in [1.165, 1.54) is 0 Å². The number of phosphoric ester groups is 1. The van der Waals surface area contributed by atoms with Crippen molar-refractivity contribution in [3.05, 3.63) is 0 Å². The van der Waals surface area contributed by atoms with E-state index in [-0.39, 0.29) is 49.8 Å². The molecule has 3 saturated heterocycles. The predicted octanol–water partition coefficient (Wildman–Crippen LogP) is 2.27. The molecule has 0 aliphatic carbocycles. The SMILES string of the molecule is CCOP(=O)(OCC)OCCCO[C@H]1OC(=O)[C@H]2[C@@H]1[C@@H]1CC[C@H]2O1. The van der Waals surface area contributed by atoms with Crippen molar-refractivity contribution in [2.24, 2.45) is 11.8 Å². The van der Waals surface area contributed by atoms with Crippen molar-refractivity contribution in [3.8, 4) is 0 Å². The fourth-order valence-corrected chi connectivity index (χ4v) is 4.86. The van der Waals surface area contributed by atoms with Crippen LogP contribution in [0.3, 0.4) is 0 Å². The van der Waals surface area contributed by atoms with Crippen LogP contribution in [-0.4, -0.2) is 50.9 Å². The van der Waals surface area contributed by atoms with Gasteiger partial charge in [-0.05, 0) is 33.1 Å². The van der Waals surface area contributed by atoms with Gasteiger partial charge in [-0.25, -0.2) is 4.57 Å². The molecule has 5 atom stereocenters. The van der Waals surface area contributed by atoms with E-state index in [0.717, 1.165) is 12.8 Å². The molecule has 3 aliphatic heterocycles. The number of rotatable bonds is 10. The number of hydrogen-bond donors (Lipinski definition) is 0. The first-order valence-corrected chi connectivity index (χ1v) is 10.0. The second-order valence-electron chi connectivity index (χ2n) is 6.04. The molecule has 0 radical (unpaired) electrons. The second kappa shape index (κ2) is 7.81. The minimum absolute atomic E-state index is 0.00452. The molecule has 8 nitrogen and oxygen atoms in total. The number of phosphoric acid groups is 1. The topological polar surface area (TPSA) is 89.5 Å². The van der Waals surface area contributed by atoms with Gasteiger partial charge in [0.2, 0.25) is 6.29 Å². The molecule has 0 aromatic rings. The highest BCUT2D eigenvalue weighted by atomic mass is 31.2. The Morgan fingerprint density at radius 1 is 1.08 bits per heavy atom. The van der Waals surface area contributed by atoms with Crippen molar-refractivity contribution in [1.29, 1.82) is 0 Å². The molecule has 9 heteroatoms. The Bertz CT molecular complexity index is 488. The molecule has 0 amide bonds. The molecule has 2 bridgehead atoms. The lowest BCUT2D eigenvalue weighted by Gasteiger charge is -2.22. The number of esters is 1. The third-order valence-electron chi connectivity index (χ3n) is 4.54. The van der Waals surface area contributed by atoms with Gasteiger partial charge in [0.05, 0.1) is 50.5 Å². The maximum absolute atomic E-state index is 12.1. The molecular formula is C15H25O8P. The van der Waals surface area contributed by atoms with Gasteiger partial charge in [-0.15, -0.1) is 0 Å². The van der Waals surface area contributed by atoms with Crippen molar-refractivity contribution >= 4 is 13.8 Å². The fraction of sp³-hybridized carbons (Fsp3) is 0.933. The summed E-state index contributed by atoms with van der Waals surface area (Å²) in [6.07, 6.45) is 1.87. The van der Waals surface area contributed by atoms with Crippen LogP contribution >= 0.6 is 7.82 Å². The summed E-state index contributed by atoms with van der Waals surface area (Å²) >= 11 is 0. The third-order valence-corrected chi connectivity index (χ3v) is 6.19. The van der Waals surface area contributed by atoms with Gasteiger partial charge in [0, 0.05) is 0 Å². The van der Waals surface area contributed by atoms with E-state index in [1.807, 2.05) is 0 Å². The van der Waals surface area contributed by atoms with Gasteiger partial charge in [0.15, 0.2) is 0 Å². The Morgan fingerprint density at radius 3 is 2.50 bits per heavy atom. The van der Waals surface area contributed by atoms with Crippen LogP contribution in [0.15, 0.2) is 0 Å². The molecule has 0 N–H and O–H groups in total. The van der Waals surface area contributed by atoms with Crippen LogP contribution < -0.4 is 0 Å². The zero-order valence-corrected chi connectivity index (χ0v) is 14.9. The summed E-state index contributed by atoms with van der Waals surface area (Å²) in [6, 6.07) is 0. The largest absolute Gasteiger partial charge is 0.474 e. The van der Waals surface area contributed by atoms with Crippen LogP contribution in [0.2, 0.25) is 0 Å². The molecule has 3 aliphatic rings. The van der Waals surface area contributed by atoms with Crippen molar-refractivity contribution in [3.63, 3.8) is 0 Å². The highest BCUT2D eigenvalue weighted by Crippen LogP contribution is 2.50. The normalized spacial score (nSPS) is 34.6. The van der Waals surface area contributed by atoms with Crippen molar-refractivity contribution in [2.45, 2.75) is 51.6 Å². The van der Waals surface area contributed by atoms with Crippen LogP contribution in [0.25, 0.3) is 0 Å². The van der Waals surface area contributed by atoms with Crippen molar-refractivity contribution in [2.75, 3.05) is 26.4 Å². The number of cyclic esters (lactones) is 1. The minimum atomic E-state index is -3.48. The lowest BCUT2D eigenvalue weighted by atomic mass is 9.81. The molecule has 0 unspecified atom stereocenters. The highest BCUT2D eigenvalue weighted by molar-refractivity contribution is 7.48. The molecular weight excluding hydrogens is 339 g/mol. The van der Waals surface area contributed by atoms with Gasteiger partial charge in [-0.2, -0.15) is 0 Å². The van der Waals surface area contributed by atoms with E-state index < -0.39 is 14.1 Å². The predicted molar refractivity (Wildman–Crippen MR) is 82.1 cm³/mol. The summed E-state index contributed by atoms with van der Waals surface area (Å²) in [5.74, 6) is -0.401. The molecule has 3 fully saturated rings. The van der Waals surface area contributed by atoms with Gasteiger partial charge >= 0.3 is 13.8 Å². The van der Waals surface area contributed by atoms with E-state index in [0.29, 0.717) is 13.0 Å². The molecule has 0 saturated carbocycles. The quantitative estimate of drug-likeness (QED) is 0.331. The first-order chi connectivity index (χ1) is 11.6. The zero-order chi connectivity index (χ0) is 17.2. The number of carbonyl (C=O) groups is 1. The summed E-state index contributed by atoms with van der Waals surface area (Å²) < 4.78 is 44.3. The number of ether oxygens (including phenoxy) is 3. The fourth-order valence-electron chi connectivity index (χ4n) is 3.65. The summed E-state index contributed by atoms with van der Waals surface area (Å²) in [4.78, 5) is 11.9. The molecule has 3 rings (SSSR count). The van der Waals surface area contributed by atoms with Gasteiger partial charge in [-0.3, -0.25) is 18.4 Å². The van der Waals surface area contributed by atoms with Gasteiger partial charge in [-0.1, -0.05) is 0 Å². The molecule has 0 aromatic carbocycles. The van der Waals surface area contributed by atoms with Gasteiger partial charge < -0.3 is 14.2 Å². The van der Waals surface area contributed by atoms with Crippen molar-refractivity contribution in [1.82, 2.24) is 0 Å². The Morgan fingerprint density at radius 2 is 1.79 bits per heavy atom. The number of carbonyl (C=O) groups excluding carboxylic acids is 1. The second-order valence-corrected chi connectivity index (χ2v) is 7.71. The van der Waals surface area contributed by atoms with E-state index in [1.54, 1.807) is 13.8 Å². The minimum Gasteiger partial charge on any atom is -0.435 e. The van der Waals surface area contributed by atoms with Crippen LogP contribution in [0.5, 0.6) is 0 Å². The van der Waals surface area contributed by atoms with E-state index in [4.69, 9.17) is 27.8 Å². The molecule has 0 aromatic heterocycles. The number of hydrogen-bond acceptors (Lipinski definition) is 8. The van der Waals surface area contributed by atoms with Crippen LogP contribution in [0.1, 0.15) is 33.1 Å². The smallest absolute Gasteiger partial charge is 0.435 e. The molecule has 24 heavy (non-hydrogen) atoms. The van der Waals surface area contributed by atoms with Crippen molar-refractivity contribution < 1.29 is 37.1 Å². The summed E-state index contributed by atoms with van der Waals surface area (Å²) in [5, 5.41) is 0. The molecule has 138 valence electrons. The van der Waals surface area contributed by atoms with Gasteiger partial charge in [0.1, 0.15) is 0 Å². The van der Waals surface area contributed by atoms with E-state index in [9.17, 15) is 9.36 Å². The maximum atomic E-state index is 12.1. The Hall–Kier alpha value is -0.500. The average molecular weight is 364 g/mol. The van der Waals surface area contributed by atoms with Crippen LogP contribution in [0, 0.1) is 11.8 Å². The maximum Gasteiger partial charge on any atom is 0.474 e. The van der Waals surface area contributed by atoms with E-state index in [2.05, 4.69) is 0 Å². The Labute approximate surface area is 141 Å². The summed E-state index contributed by atoms with van der Waals surface area (Å²) in [5.41, 5.74) is 0. The zero-order valence-electron chi connectivity index (χ0n) is 14.0. The standard InChI is InChI=1S/C15H25O8P/c1-3-19-24(17,20-4-2)21-9-5-8-18-15-13-11-7-6-10(22-11)12(13)14(16)23-15/h10-13,15H,3-9H2,1-2H3/t10-,11+,12-,13+,15+/m1/s1.